The van der Waals surface area contributed by atoms with E-state index in [1.165, 1.54) is 167 Å². The predicted octanol–water partition coefficient (Wildman–Crippen LogP) is 16.1. The van der Waals surface area contributed by atoms with Crippen LogP contribution < -0.4 is 0 Å². The van der Waals surface area contributed by atoms with Gasteiger partial charge >= 0.3 is 17.9 Å². The Kier molecular flexibility index (Phi) is 42.7. The topological polar surface area (TPSA) is 78.9 Å². The first kappa shape index (κ1) is 55.4. The monoisotopic (exact) mass is 807 g/mol. The van der Waals surface area contributed by atoms with Gasteiger partial charge < -0.3 is 14.2 Å². The molecule has 0 heterocycles. The maximum atomic E-state index is 12.7. The van der Waals surface area contributed by atoms with Crippen LogP contribution >= 0.6 is 0 Å². The van der Waals surface area contributed by atoms with Gasteiger partial charge in [0.15, 0.2) is 6.10 Å². The normalized spacial score (nSPS) is 12.1. The van der Waals surface area contributed by atoms with Gasteiger partial charge in [-0.25, -0.2) is 0 Å². The lowest BCUT2D eigenvalue weighted by Gasteiger charge is -2.18. The number of carbonyl (C=O) groups excluding carboxylic acids is 3. The molecule has 6 nitrogen and oxygen atoms in total. The Morgan fingerprint density at radius 3 is 0.860 bits per heavy atom. The molecule has 338 valence electrons. The van der Waals surface area contributed by atoms with E-state index in [1.54, 1.807) is 0 Å². The van der Waals surface area contributed by atoms with E-state index in [9.17, 15) is 14.4 Å². The summed E-state index contributed by atoms with van der Waals surface area (Å²) in [5, 5.41) is 0. The average molecular weight is 807 g/mol. The van der Waals surface area contributed by atoms with Gasteiger partial charge in [0.2, 0.25) is 0 Å². The van der Waals surface area contributed by atoms with Crippen LogP contribution in [-0.4, -0.2) is 37.2 Å². The zero-order valence-corrected chi connectivity index (χ0v) is 39.0. The van der Waals surface area contributed by atoms with Crippen molar-refractivity contribution in [3.8, 4) is 0 Å². The van der Waals surface area contributed by atoms with Gasteiger partial charge in [-0.05, 0) is 31.1 Å². The van der Waals surface area contributed by atoms with E-state index in [0.29, 0.717) is 19.3 Å². The van der Waals surface area contributed by atoms with Crippen LogP contribution in [0.15, 0.2) is 0 Å². The summed E-state index contributed by atoms with van der Waals surface area (Å²) in [7, 11) is 0. The Labute approximate surface area is 355 Å². The van der Waals surface area contributed by atoms with E-state index in [4.69, 9.17) is 14.2 Å². The molecule has 1 atom stereocenters. The number of hydrogen-bond donors (Lipinski definition) is 0. The molecule has 0 aliphatic carbocycles. The summed E-state index contributed by atoms with van der Waals surface area (Å²) in [5.41, 5.74) is 0. The Hall–Kier alpha value is -1.59. The standard InChI is InChI=1S/C51H98O6/c1-6-7-8-9-10-19-26-31-36-41-49(52)55-44-48(57-51(54)43-38-33-28-23-18-21-25-30-35-40-47(4)5)45-56-50(53)42-37-32-27-22-17-15-13-11-12-14-16-20-24-29-34-39-46(2)3/h46-48H,6-45H2,1-5H3/t48-/m1/s1. The summed E-state index contributed by atoms with van der Waals surface area (Å²) in [4.78, 5) is 37.8. The minimum absolute atomic E-state index is 0.0641. The van der Waals surface area contributed by atoms with Gasteiger partial charge in [0.05, 0.1) is 0 Å². The second-order valence-electron chi connectivity index (χ2n) is 18.4. The minimum Gasteiger partial charge on any atom is -0.462 e. The Morgan fingerprint density at radius 2 is 0.579 bits per heavy atom. The highest BCUT2D eigenvalue weighted by molar-refractivity contribution is 5.71. The number of esters is 3. The van der Waals surface area contributed by atoms with Crippen LogP contribution in [0, 0.1) is 11.8 Å². The zero-order chi connectivity index (χ0) is 41.9. The lowest BCUT2D eigenvalue weighted by atomic mass is 10.0. The van der Waals surface area contributed by atoms with Crippen LogP contribution in [0.4, 0.5) is 0 Å². The Morgan fingerprint density at radius 1 is 0.333 bits per heavy atom. The summed E-state index contributed by atoms with van der Waals surface area (Å²) < 4.78 is 16.8. The summed E-state index contributed by atoms with van der Waals surface area (Å²) in [5.74, 6) is 0.802. The molecule has 0 amide bonds. The number of rotatable bonds is 45. The van der Waals surface area contributed by atoms with Crippen molar-refractivity contribution in [1.29, 1.82) is 0 Å². The first-order valence-electron chi connectivity index (χ1n) is 25.2. The molecule has 57 heavy (non-hydrogen) atoms. The third-order valence-electron chi connectivity index (χ3n) is 11.5. The van der Waals surface area contributed by atoms with E-state index in [1.807, 2.05) is 0 Å². The largest absolute Gasteiger partial charge is 0.462 e. The molecular weight excluding hydrogens is 709 g/mol. The fourth-order valence-corrected chi connectivity index (χ4v) is 7.64. The molecular formula is C51H98O6. The molecule has 0 spiro atoms. The van der Waals surface area contributed by atoms with Crippen molar-refractivity contribution in [1.82, 2.24) is 0 Å². The number of unbranched alkanes of at least 4 members (excludes halogenated alkanes) is 30. The maximum Gasteiger partial charge on any atom is 0.306 e. The lowest BCUT2D eigenvalue weighted by Crippen LogP contribution is -2.30. The van der Waals surface area contributed by atoms with Crippen molar-refractivity contribution in [3.63, 3.8) is 0 Å². The van der Waals surface area contributed by atoms with Crippen molar-refractivity contribution in [3.05, 3.63) is 0 Å². The average Bonchev–Trinajstić information content (AvgIpc) is 3.18. The molecule has 0 saturated carbocycles. The molecule has 0 aliphatic rings. The maximum absolute atomic E-state index is 12.7. The molecule has 0 radical (unpaired) electrons. The molecule has 0 rings (SSSR count). The summed E-state index contributed by atoms with van der Waals surface area (Å²) in [6.45, 7) is 11.3. The fraction of sp³-hybridized carbons (Fsp3) is 0.941. The highest BCUT2D eigenvalue weighted by Crippen LogP contribution is 2.17. The molecule has 0 aromatic heterocycles. The number of carbonyl (C=O) groups is 3. The van der Waals surface area contributed by atoms with Crippen LogP contribution in [0.2, 0.25) is 0 Å². The van der Waals surface area contributed by atoms with Gasteiger partial charge in [-0.2, -0.15) is 0 Å². The minimum atomic E-state index is -0.760. The molecule has 0 N–H and O–H groups in total. The fourth-order valence-electron chi connectivity index (χ4n) is 7.64. The lowest BCUT2D eigenvalue weighted by molar-refractivity contribution is -0.167. The van der Waals surface area contributed by atoms with Crippen LogP contribution in [-0.2, 0) is 28.6 Å². The van der Waals surface area contributed by atoms with Crippen LogP contribution in [0.1, 0.15) is 279 Å². The van der Waals surface area contributed by atoms with Gasteiger partial charge in [-0.15, -0.1) is 0 Å². The van der Waals surface area contributed by atoms with Crippen molar-refractivity contribution in [2.75, 3.05) is 13.2 Å². The SMILES string of the molecule is CCCCCCCCCCCC(=O)OC[C@H](COC(=O)CCCCCCCCCCCCCCCCCC(C)C)OC(=O)CCCCCCCCCCCC(C)C. The summed E-state index contributed by atoms with van der Waals surface area (Å²) >= 11 is 0. The second-order valence-corrected chi connectivity index (χ2v) is 18.4. The smallest absolute Gasteiger partial charge is 0.306 e. The van der Waals surface area contributed by atoms with Crippen LogP contribution in [0.3, 0.4) is 0 Å². The molecule has 0 unspecified atom stereocenters. The van der Waals surface area contributed by atoms with Crippen molar-refractivity contribution in [2.24, 2.45) is 11.8 Å². The van der Waals surface area contributed by atoms with E-state index >= 15 is 0 Å². The van der Waals surface area contributed by atoms with Gasteiger partial charge in [0.1, 0.15) is 13.2 Å². The first-order valence-corrected chi connectivity index (χ1v) is 25.2. The number of ether oxygens (including phenoxy) is 3. The van der Waals surface area contributed by atoms with Gasteiger partial charge in [0.25, 0.3) is 0 Å². The Balaban J connectivity index is 4.23. The van der Waals surface area contributed by atoms with E-state index in [0.717, 1.165) is 69.6 Å². The highest BCUT2D eigenvalue weighted by atomic mass is 16.6. The molecule has 0 saturated heterocycles. The van der Waals surface area contributed by atoms with Crippen LogP contribution in [0.5, 0.6) is 0 Å². The molecule has 0 aliphatic heterocycles. The predicted molar refractivity (Wildman–Crippen MR) is 243 cm³/mol. The first-order chi connectivity index (χ1) is 27.7. The summed E-state index contributed by atoms with van der Waals surface area (Å²) in [6.07, 6.45) is 43.8. The van der Waals surface area contributed by atoms with Crippen molar-refractivity contribution in [2.45, 2.75) is 285 Å². The molecule has 0 aromatic carbocycles. The number of hydrogen-bond acceptors (Lipinski definition) is 6. The Bertz CT molecular complexity index is 870. The van der Waals surface area contributed by atoms with E-state index in [-0.39, 0.29) is 31.1 Å². The van der Waals surface area contributed by atoms with Crippen LogP contribution in [0.25, 0.3) is 0 Å². The highest BCUT2D eigenvalue weighted by Gasteiger charge is 2.19. The van der Waals surface area contributed by atoms with Gasteiger partial charge in [0, 0.05) is 19.3 Å². The molecule has 0 aromatic rings. The molecule has 0 fully saturated rings. The third-order valence-corrected chi connectivity index (χ3v) is 11.5. The van der Waals surface area contributed by atoms with Gasteiger partial charge in [-0.3, -0.25) is 14.4 Å². The third kappa shape index (κ3) is 45.3. The molecule has 0 bridgehead atoms. The van der Waals surface area contributed by atoms with Crippen molar-refractivity contribution < 1.29 is 28.6 Å². The second kappa shape index (κ2) is 44.0. The van der Waals surface area contributed by atoms with E-state index < -0.39 is 6.10 Å². The summed E-state index contributed by atoms with van der Waals surface area (Å²) in [6, 6.07) is 0. The quantitative estimate of drug-likeness (QED) is 0.0346. The van der Waals surface area contributed by atoms with Gasteiger partial charge in [-0.1, -0.05) is 240 Å². The molecule has 6 heteroatoms. The van der Waals surface area contributed by atoms with Crippen molar-refractivity contribution >= 4 is 17.9 Å². The van der Waals surface area contributed by atoms with E-state index in [2.05, 4.69) is 34.6 Å². The zero-order valence-electron chi connectivity index (χ0n) is 39.0.